The molecule has 0 unspecified atom stereocenters. The standard InChI is InChI=1S/C13H19Cl2NO.ClH/c1-3-4-12(5-6-16-2)17-13-8-10(14)7-11(15)9-13;/h7-9,12,16H,3-6H2,1-2H3;1H/t12-;/m0./s1. The van der Waals surface area contributed by atoms with E-state index in [-0.39, 0.29) is 18.5 Å². The van der Waals surface area contributed by atoms with E-state index in [0.29, 0.717) is 10.0 Å². The molecule has 5 heteroatoms. The molecule has 104 valence electrons. The van der Waals surface area contributed by atoms with Crippen LogP contribution in [0.5, 0.6) is 5.75 Å². The largest absolute Gasteiger partial charge is 0.490 e. The maximum Gasteiger partial charge on any atom is 0.122 e. The monoisotopic (exact) mass is 311 g/mol. The summed E-state index contributed by atoms with van der Waals surface area (Å²) in [6.07, 6.45) is 3.32. The average Bonchev–Trinajstić information content (AvgIpc) is 2.24. The van der Waals surface area contributed by atoms with Crippen molar-refractivity contribution in [2.75, 3.05) is 13.6 Å². The Morgan fingerprint density at radius 3 is 2.28 bits per heavy atom. The van der Waals surface area contributed by atoms with E-state index in [0.717, 1.165) is 31.6 Å². The van der Waals surface area contributed by atoms with E-state index in [1.54, 1.807) is 18.2 Å². The second-order valence-electron chi connectivity index (χ2n) is 4.03. The van der Waals surface area contributed by atoms with Gasteiger partial charge < -0.3 is 10.1 Å². The van der Waals surface area contributed by atoms with Gasteiger partial charge in [0.1, 0.15) is 5.75 Å². The van der Waals surface area contributed by atoms with Crippen molar-refractivity contribution in [1.82, 2.24) is 5.32 Å². The number of halogens is 3. The fourth-order valence-electron chi connectivity index (χ4n) is 1.68. The lowest BCUT2D eigenvalue weighted by molar-refractivity contribution is 0.180. The Labute approximate surface area is 125 Å². The Morgan fingerprint density at radius 1 is 1.17 bits per heavy atom. The molecule has 0 aliphatic rings. The van der Waals surface area contributed by atoms with Crippen molar-refractivity contribution < 1.29 is 4.74 Å². The SMILES string of the molecule is CCC[C@@H](CCNC)Oc1cc(Cl)cc(Cl)c1.Cl. The summed E-state index contributed by atoms with van der Waals surface area (Å²) in [5.41, 5.74) is 0. The minimum absolute atomic E-state index is 0. The first kappa shape index (κ1) is 17.8. The summed E-state index contributed by atoms with van der Waals surface area (Å²) >= 11 is 11.9. The van der Waals surface area contributed by atoms with Crippen LogP contribution in [0.3, 0.4) is 0 Å². The van der Waals surface area contributed by atoms with Crippen LogP contribution in [0.15, 0.2) is 18.2 Å². The van der Waals surface area contributed by atoms with Crippen molar-refractivity contribution in [3.8, 4) is 5.75 Å². The number of nitrogens with one attached hydrogen (secondary N) is 1. The number of benzene rings is 1. The van der Waals surface area contributed by atoms with Crippen LogP contribution in [0.4, 0.5) is 0 Å². The molecular formula is C13H20Cl3NO. The molecule has 0 aliphatic heterocycles. The van der Waals surface area contributed by atoms with Gasteiger partial charge in [0.2, 0.25) is 0 Å². The lowest BCUT2D eigenvalue weighted by Crippen LogP contribution is -2.22. The second-order valence-corrected chi connectivity index (χ2v) is 4.90. The quantitative estimate of drug-likeness (QED) is 0.796. The molecule has 1 rings (SSSR count). The van der Waals surface area contributed by atoms with Gasteiger partial charge in [-0.3, -0.25) is 0 Å². The van der Waals surface area contributed by atoms with Crippen molar-refractivity contribution in [2.24, 2.45) is 0 Å². The molecule has 1 aromatic carbocycles. The van der Waals surface area contributed by atoms with Gasteiger partial charge in [0.05, 0.1) is 6.10 Å². The maximum absolute atomic E-state index is 5.94. The van der Waals surface area contributed by atoms with Crippen LogP contribution in [0.1, 0.15) is 26.2 Å². The van der Waals surface area contributed by atoms with Gasteiger partial charge in [-0.2, -0.15) is 0 Å². The molecule has 2 nitrogen and oxygen atoms in total. The fourth-order valence-corrected chi connectivity index (χ4v) is 2.18. The summed E-state index contributed by atoms with van der Waals surface area (Å²) in [4.78, 5) is 0. The van der Waals surface area contributed by atoms with Gasteiger partial charge in [0, 0.05) is 10.0 Å². The van der Waals surface area contributed by atoms with Gasteiger partial charge in [-0.1, -0.05) is 36.5 Å². The summed E-state index contributed by atoms with van der Waals surface area (Å²) in [5.74, 6) is 0.747. The molecule has 0 aliphatic carbocycles. The highest BCUT2D eigenvalue weighted by molar-refractivity contribution is 6.34. The van der Waals surface area contributed by atoms with E-state index in [1.165, 1.54) is 0 Å². The molecule has 1 atom stereocenters. The molecule has 0 saturated heterocycles. The zero-order chi connectivity index (χ0) is 12.7. The number of hydrogen-bond acceptors (Lipinski definition) is 2. The highest BCUT2D eigenvalue weighted by Gasteiger charge is 2.10. The average molecular weight is 313 g/mol. The highest BCUT2D eigenvalue weighted by Crippen LogP contribution is 2.26. The van der Waals surface area contributed by atoms with Crippen LogP contribution in [-0.4, -0.2) is 19.7 Å². The first-order chi connectivity index (χ1) is 8.15. The Kier molecular flexibility index (Phi) is 9.66. The van der Waals surface area contributed by atoms with Crippen LogP contribution in [0.2, 0.25) is 10.0 Å². The Bertz CT molecular complexity index is 327. The topological polar surface area (TPSA) is 21.3 Å². The number of hydrogen-bond donors (Lipinski definition) is 1. The fraction of sp³-hybridized carbons (Fsp3) is 0.538. The summed E-state index contributed by atoms with van der Waals surface area (Å²) in [6, 6.07) is 5.31. The molecule has 0 heterocycles. The number of rotatable bonds is 7. The molecule has 18 heavy (non-hydrogen) atoms. The molecule has 1 aromatic rings. The summed E-state index contributed by atoms with van der Waals surface area (Å²) in [5, 5.41) is 4.35. The van der Waals surface area contributed by atoms with Crippen molar-refractivity contribution in [1.29, 1.82) is 0 Å². The Balaban J connectivity index is 0.00000289. The molecular weight excluding hydrogens is 293 g/mol. The normalized spacial score (nSPS) is 11.8. The zero-order valence-corrected chi connectivity index (χ0v) is 13.0. The minimum atomic E-state index is 0. The third-order valence-corrected chi connectivity index (χ3v) is 2.90. The van der Waals surface area contributed by atoms with Crippen LogP contribution in [0.25, 0.3) is 0 Å². The van der Waals surface area contributed by atoms with Crippen molar-refractivity contribution in [3.05, 3.63) is 28.2 Å². The van der Waals surface area contributed by atoms with Gasteiger partial charge in [0.15, 0.2) is 0 Å². The summed E-state index contributed by atoms with van der Waals surface area (Å²) in [7, 11) is 1.94. The smallest absolute Gasteiger partial charge is 0.122 e. The first-order valence-electron chi connectivity index (χ1n) is 5.93. The maximum atomic E-state index is 5.94. The van der Waals surface area contributed by atoms with Crippen molar-refractivity contribution in [2.45, 2.75) is 32.3 Å². The third-order valence-electron chi connectivity index (χ3n) is 2.47. The van der Waals surface area contributed by atoms with E-state index in [2.05, 4.69) is 12.2 Å². The zero-order valence-electron chi connectivity index (χ0n) is 10.7. The third kappa shape index (κ3) is 6.69. The molecule has 0 bridgehead atoms. The van der Waals surface area contributed by atoms with Gasteiger partial charge in [-0.25, -0.2) is 0 Å². The molecule has 0 amide bonds. The van der Waals surface area contributed by atoms with Crippen LogP contribution in [-0.2, 0) is 0 Å². The van der Waals surface area contributed by atoms with Crippen LogP contribution < -0.4 is 10.1 Å². The molecule has 0 radical (unpaired) electrons. The molecule has 0 spiro atoms. The molecule has 0 fully saturated rings. The molecule has 0 aromatic heterocycles. The Morgan fingerprint density at radius 2 is 1.78 bits per heavy atom. The van der Waals surface area contributed by atoms with E-state index >= 15 is 0 Å². The highest BCUT2D eigenvalue weighted by atomic mass is 35.5. The summed E-state index contributed by atoms with van der Waals surface area (Å²) in [6.45, 7) is 3.10. The lowest BCUT2D eigenvalue weighted by Gasteiger charge is -2.18. The van der Waals surface area contributed by atoms with Crippen molar-refractivity contribution in [3.63, 3.8) is 0 Å². The summed E-state index contributed by atoms with van der Waals surface area (Å²) < 4.78 is 5.91. The Hall–Kier alpha value is -0.150. The van der Waals surface area contributed by atoms with E-state index < -0.39 is 0 Å². The number of ether oxygens (including phenoxy) is 1. The van der Waals surface area contributed by atoms with E-state index in [4.69, 9.17) is 27.9 Å². The van der Waals surface area contributed by atoms with Crippen LogP contribution >= 0.6 is 35.6 Å². The lowest BCUT2D eigenvalue weighted by atomic mass is 10.1. The first-order valence-corrected chi connectivity index (χ1v) is 6.68. The van der Waals surface area contributed by atoms with Crippen LogP contribution in [0, 0.1) is 0 Å². The molecule has 1 N–H and O–H groups in total. The van der Waals surface area contributed by atoms with Gasteiger partial charge in [-0.05, 0) is 44.6 Å². The minimum Gasteiger partial charge on any atom is -0.490 e. The van der Waals surface area contributed by atoms with Gasteiger partial charge >= 0.3 is 0 Å². The van der Waals surface area contributed by atoms with E-state index in [1.807, 2.05) is 7.05 Å². The molecule has 0 saturated carbocycles. The predicted molar refractivity (Wildman–Crippen MR) is 81.6 cm³/mol. The van der Waals surface area contributed by atoms with Crippen molar-refractivity contribution >= 4 is 35.6 Å². The predicted octanol–water partition coefficient (Wildman–Crippen LogP) is 4.57. The second kappa shape index (κ2) is 9.74. The van der Waals surface area contributed by atoms with Gasteiger partial charge in [-0.15, -0.1) is 12.4 Å². The van der Waals surface area contributed by atoms with Gasteiger partial charge in [0.25, 0.3) is 0 Å². The van der Waals surface area contributed by atoms with E-state index in [9.17, 15) is 0 Å².